The number of piperidine rings is 1. The molecule has 3 aromatic rings. The maximum absolute atomic E-state index is 13.0. The van der Waals surface area contributed by atoms with E-state index in [-0.39, 0.29) is 23.3 Å². The number of hydrogen-bond acceptors (Lipinski definition) is 5. The summed E-state index contributed by atoms with van der Waals surface area (Å²) in [5, 5.41) is 10.7. The van der Waals surface area contributed by atoms with Crippen molar-refractivity contribution in [3.63, 3.8) is 0 Å². The Morgan fingerprint density at radius 1 is 1.11 bits per heavy atom. The summed E-state index contributed by atoms with van der Waals surface area (Å²) in [5.41, 5.74) is 7.22. The molecule has 1 aliphatic rings. The lowest BCUT2D eigenvalue weighted by Crippen LogP contribution is -2.42. The quantitative estimate of drug-likeness (QED) is 0.399. The van der Waals surface area contributed by atoms with Crippen molar-refractivity contribution in [1.29, 1.82) is 5.26 Å². The third kappa shape index (κ3) is 5.30. The number of carbonyl (C=O) groups is 2. The van der Waals surface area contributed by atoms with Crippen molar-refractivity contribution in [3.8, 4) is 17.6 Å². The van der Waals surface area contributed by atoms with Crippen LogP contribution in [-0.2, 0) is 16.1 Å². The van der Waals surface area contributed by atoms with Crippen molar-refractivity contribution in [2.24, 2.45) is 11.7 Å². The average Bonchev–Trinajstić information content (AvgIpc) is 3.24. The van der Waals surface area contributed by atoms with E-state index in [9.17, 15) is 14.9 Å². The van der Waals surface area contributed by atoms with Crippen LogP contribution in [0, 0.1) is 17.2 Å². The van der Waals surface area contributed by atoms with E-state index in [1.54, 1.807) is 18.1 Å². The molecule has 0 unspecified atom stereocenters. The van der Waals surface area contributed by atoms with Gasteiger partial charge in [0.15, 0.2) is 11.5 Å². The number of amides is 2. The summed E-state index contributed by atoms with van der Waals surface area (Å²) in [6.45, 7) is 1.81. The minimum atomic E-state index is -0.337. The Morgan fingerprint density at radius 3 is 2.49 bits per heavy atom. The number of fused-ring (bicyclic) bond motifs is 1. The van der Waals surface area contributed by atoms with Gasteiger partial charge in [-0.1, -0.05) is 30.3 Å². The molecule has 35 heavy (non-hydrogen) atoms. The molecule has 0 spiro atoms. The molecule has 1 aromatic heterocycles. The second-order valence-electron chi connectivity index (χ2n) is 8.43. The summed E-state index contributed by atoms with van der Waals surface area (Å²) >= 11 is 0. The molecule has 2 N–H and O–H groups in total. The monoisotopic (exact) mass is 472 g/mol. The van der Waals surface area contributed by atoms with E-state index in [4.69, 9.17) is 15.2 Å². The fraction of sp³-hybridized carbons (Fsp3) is 0.296. The zero-order chi connectivity index (χ0) is 24.8. The average molecular weight is 473 g/mol. The number of methoxy groups -OCH3 is 1. The molecule has 180 valence electrons. The van der Waals surface area contributed by atoms with Gasteiger partial charge in [-0.2, -0.15) is 5.26 Å². The summed E-state index contributed by atoms with van der Waals surface area (Å²) in [6, 6.07) is 17.4. The molecule has 0 bridgehead atoms. The molecule has 0 atom stereocenters. The highest BCUT2D eigenvalue weighted by Crippen LogP contribution is 2.27. The van der Waals surface area contributed by atoms with Gasteiger partial charge >= 0.3 is 0 Å². The number of ether oxygens (including phenoxy) is 2. The zero-order valence-corrected chi connectivity index (χ0v) is 19.6. The van der Waals surface area contributed by atoms with E-state index in [1.165, 1.54) is 0 Å². The standard InChI is InChI=1S/C27H28N4O4/c1-34-24-8-4-5-9-25(24)35-15-14-31-18-21(22-6-2-3-7-23(22)31)16-20(17-28)27(33)30-12-10-19(11-13-30)26(29)32/h2-9,16,18-19H,10-15H2,1H3,(H2,29,32)/b20-16+. The number of nitrogens with two attached hydrogens (primary N) is 1. The Morgan fingerprint density at radius 2 is 1.80 bits per heavy atom. The fourth-order valence-electron chi connectivity index (χ4n) is 4.40. The van der Waals surface area contributed by atoms with Crippen LogP contribution in [0.15, 0.2) is 60.3 Å². The minimum absolute atomic E-state index is 0.0655. The highest BCUT2D eigenvalue weighted by molar-refractivity contribution is 6.04. The number of para-hydroxylation sites is 3. The van der Waals surface area contributed by atoms with E-state index < -0.39 is 0 Å². The van der Waals surface area contributed by atoms with E-state index in [0.717, 1.165) is 16.5 Å². The molecule has 8 nitrogen and oxygen atoms in total. The van der Waals surface area contributed by atoms with E-state index in [2.05, 4.69) is 10.6 Å². The number of hydrogen-bond donors (Lipinski definition) is 1. The van der Waals surface area contributed by atoms with E-state index in [0.29, 0.717) is 50.6 Å². The highest BCUT2D eigenvalue weighted by Gasteiger charge is 2.27. The van der Waals surface area contributed by atoms with Gasteiger partial charge in [-0.25, -0.2) is 0 Å². The third-order valence-corrected chi connectivity index (χ3v) is 6.31. The van der Waals surface area contributed by atoms with Gasteiger partial charge in [-0.05, 0) is 37.1 Å². The molecule has 1 aliphatic heterocycles. The molecular weight excluding hydrogens is 444 g/mol. The lowest BCUT2D eigenvalue weighted by Gasteiger charge is -2.30. The molecule has 1 saturated heterocycles. The Bertz CT molecular complexity index is 1300. The first-order valence-corrected chi connectivity index (χ1v) is 11.6. The Balaban J connectivity index is 1.52. The second kappa shape index (κ2) is 10.8. The van der Waals surface area contributed by atoms with Gasteiger partial charge in [0.1, 0.15) is 18.2 Å². The largest absolute Gasteiger partial charge is 0.493 e. The molecule has 0 saturated carbocycles. The molecule has 1 fully saturated rings. The van der Waals surface area contributed by atoms with Crippen molar-refractivity contribution >= 4 is 28.8 Å². The topological polar surface area (TPSA) is 111 Å². The lowest BCUT2D eigenvalue weighted by molar-refractivity contribution is -0.131. The van der Waals surface area contributed by atoms with Crippen LogP contribution in [-0.4, -0.2) is 48.1 Å². The van der Waals surface area contributed by atoms with Gasteiger partial charge in [-0.3, -0.25) is 9.59 Å². The maximum Gasteiger partial charge on any atom is 0.264 e. The summed E-state index contributed by atoms with van der Waals surface area (Å²) in [7, 11) is 1.61. The maximum atomic E-state index is 13.0. The van der Waals surface area contributed by atoms with Gasteiger partial charge in [0, 0.05) is 41.7 Å². The number of nitrogens with zero attached hydrogens (tertiary/aromatic N) is 3. The van der Waals surface area contributed by atoms with Gasteiger partial charge in [0.2, 0.25) is 5.91 Å². The van der Waals surface area contributed by atoms with E-state index in [1.807, 2.05) is 54.7 Å². The van der Waals surface area contributed by atoms with Gasteiger partial charge in [0.05, 0.1) is 13.7 Å². The fourth-order valence-corrected chi connectivity index (χ4v) is 4.40. The Kier molecular flexibility index (Phi) is 7.36. The Labute approximate surface area is 204 Å². The van der Waals surface area contributed by atoms with E-state index >= 15 is 0 Å². The normalized spacial score (nSPS) is 14.5. The molecule has 8 heteroatoms. The molecule has 0 aliphatic carbocycles. The summed E-state index contributed by atoms with van der Waals surface area (Å²) < 4.78 is 13.3. The number of primary amides is 1. The van der Waals surface area contributed by atoms with Crippen molar-refractivity contribution in [2.75, 3.05) is 26.8 Å². The van der Waals surface area contributed by atoms with Gasteiger partial charge in [-0.15, -0.1) is 0 Å². The number of likely N-dealkylation sites (tertiary alicyclic amines) is 1. The van der Waals surface area contributed by atoms with Crippen LogP contribution in [0.1, 0.15) is 18.4 Å². The van der Waals surface area contributed by atoms with Crippen LogP contribution in [0.5, 0.6) is 11.5 Å². The van der Waals surface area contributed by atoms with Crippen LogP contribution in [0.25, 0.3) is 17.0 Å². The number of rotatable bonds is 8. The zero-order valence-electron chi connectivity index (χ0n) is 19.6. The molecule has 2 amide bonds. The molecule has 2 heterocycles. The molecule has 0 radical (unpaired) electrons. The van der Waals surface area contributed by atoms with Crippen LogP contribution in [0.2, 0.25) is 0 Å². The molecule has 2 aromatic carbocycles. The van der Waals surface area contributed by atoms with Crippen LogP contribution < -0.4 is 15.2 Å². The summed E-state index contributed by atoms with van der Waals surface area (Å²) in [4.78, 5) is 26.1. The highest BCUT2D eigenvalue weighted by atomic mass is 16.5. The number of benzene rings is 2. The van der Waals surface area contributed by atoms with Crippen molar-refractivity contribution < 1.29 is 19.1 Å². The minimum Gasteiger partial charge on any atom is -0.493 e. The second-order valence-corrected chi connectivity index (χ2v) is 8.43. The van der Waals surface area contributed by atoms with Crippen LogP contribution in [0.4, 0.5) is 0 Å². The SMILES string of the molecule is COc1ccccc1OCCn1cc(/C=C(\C#N)C(=O)N2CCC(C(N)=O)CC2)c2ccccc21. The summed E-state index contributed by atoms with van der Waals surface area (Å²) in [6.07, 6.45) is 4.61. The molecular formula is C27H28N4O4. The number of carbonyl (C=O) groups excluding carboxylic acids is 2. The first-order valence-electron chi connectivity index (χ1n) is 11.6. The van der Waals surface area contributed by atoms with Crippen molar-refractivity contribution in [2.45, 2.75) is 19.4 Å². The number of aromatic nitrogens is 1. The lowest BCUT2D eigenvalue weighted by atomic mass is 9.96. The summed E-state index contributed by atoms with van der Waals surface area (Å²) in [5.74, 6) is 0.460. The van der Waals surface area contributed by atoms with Gasteiger partial charge < -0.3 is 24.7 Å². The van der Waals surface area contributed by atoms with Crippen LogP contribution >= 0.6 is 0 Å². The predicted molar refractivity (Wildman–Crippen MR) is 133 cm³/mol. The predicted octanol–water partition coefficient (Wildman–Crippen LogP) is 3.36. The first-order chi connectivity index (χ1) is 17.0. The van der Waals surface area contributed by atoms with Crippen molar-refractivity contribution in [1.82, 2.24) is 9.47 Å². The first kappa shape index (κ1) is 23.9. The van der Waals surface area contributed by atoms with Crippen LogP contribution in [0.3, 0.4) is 0 Å². The molecule has 4 rings (SSSR count). The number of nitriles is 1. The van der Waals surface area contributed by atoms with Gasteiger partial charge in [0.25, 0.3) is 5.91 Å². The van der Waals surface area contributed by atoms with Crippen molar-refractivity contribution in [3.05, 3.63) is 65.9 Å². The smallest absolute Gasteiger partial charge is 0.264 e. The third-order valence-electron chi connectivity index (χ3n) is 6.31. The Hall–Kier alpha value is -4.25.